The topological polar surface area (TPSA) is 75.6 Å². The van der Waals surface area contributed by atoms with Crippen LogP contribution in [0.25, 0.3) is 0 Å². The minimum absolute atomic E-state index is 0.0228. The lowest BCUT2D eigenvalue weighted by Gasteiger charge is -2.30. The van der Waals surface area contributed by atoms with Gasteiger partial charge in [-0.3, -0.25) is 4.79 Å². The first kappa shape index (κ1) is 19.8. The zero-order valence-electron chi connectivity index (χ0n) is 11.2. The molecule has 0 aliphatic heterocycles. The van der Waals surface area contributed by atoms with E-state index in [1.165, 1.54) is 12.1 Å². The third-order valence-corrected chi connectivity index (χ3v) is 3.97. The van der Waals surface area contributed by atoms with Gasteiger partial charge in [0, 0.05) is 5.69 Å². The van der Waals surface area contributed by atoms with Gasteiger partial charge in [-0.15, -0.1) is 11.6 Å². The van der Waals surface area contributed by atoms with Crippen LogP contribution in [-0.2, 0) is 14.3 Å². The predicted molar refractivity (Wildman–Crippen MR) is 77.8 cm³/mol. The monoisotopic (exact) mass is 393 g/mol. The molecule has 2 N–H and O–H groups in total. The van der Waals surface area contributed by atoms with Crippen LogP contribution in [0.3, 0.4) is 0 Å². The number of esters is 1. The van der Waals surface area contributed by atoms with Crippen molar-refractivity contribution in [3.05, 3.63) is 28.2 Å². The van der Waals surface area contributed by atoms with Gasteiger partial charge in [0.15, 0.2) is 5.38 Å². The van der Waals surface area contributed by atoms with Crippen molar-refractivity contribution in [3.8, 4) is 0 Å². The van der Waals surface area contributed by atoms with Gasteiger partial charge >= 0.3 is 12.1 Å². The van der Waals surface area contributed by atoms with Gasteiger partial charge in [0.25, 0.3) is 5.60 Å². The van der Waals surface area contributed by atoms with Crippen LogP contribution in [0.4, 0.5) is 18.9 Å². The van der Waals surface area contributed by atoms with Gasteiger partial charge in [0.05, 0.1) is 17.2 Å². The number of alkyl halides is 4. The van der Waals surface area contributed by atoms with Crippen LogP contribution in [0.15, 0.2) is 18.2 Å². The molecule has 0 unspecified atom stereocenters. The van der Waals surface area contributed by atoms with Gasteiger partial charge in [-0.1, -0.05) is 23.2 Å². The zero-order valence-corrected chi connectivity index (χ0v) is 13.5. The molecule has 1 aromatic rings. The van der Waals surface area contributed by atoms with E-state index < -0.39 is 29.0 Å². The summed E-state index contributed by atoms with van der Waals surface area (Å²) in [5.41, 5.74) is -4.26. The maximum atomic E-state index is 13.0. The lowest BCUT2D eigenvalue weighted by atomic mass is 9.98. The zero-order chi connectivity index (χ0) is 18.0. The molecule has 11 heteroatoms. The van der Waals surface area contributed by atoms with Crippen LogP contribution in [0.1, 0.15) is 0 Å². The van der Waals surface area contributed by atoms with E-state index in [1.807, 2.05) is 5.32 Å². The first-order valence-electron chi connectivity index (χ1n) is 5.72. The highest BCUT2D eigenvalue weighted by atomic mass is 35.5. The number of halogens is 6. The molecule has 23 heavy (non-hydrogen) atoms. The number of anilines is 1. The molecule has 2 atom stereocenters. The number of ether oxygens (including phenoxy) is 1. The molecule has 0 aromatic heterocycles. The van der Waals surface area contributed by atoms with E-state index in [2.05, 4.69) is 4.74 Å². The summed E-state index contributed by atoms with van der Waals surface area (Å²) in [4.78, 5) is 23.1. The minimum Gasteiger partial charge on any atom is -0.467 e. The normalized spacial score (nSPS) is 15.5. The van der Waals surface area contributed by atoms with E-state index in [9.17, 15) is 27.9 Å². The van der Waals surface area contributed by atoms with Crippen molar-refractivity contribution < 1.29 is 32.6 Å². The Balaban J connectivity index is 3.09. The molecule has 0 fully saturated rings. The fourth-order valence-corrected chi connectivity index (χ4v) is 2.05. The summed E-state index contributed by atoms with van der Waals surface area (Å²) in [5, 5.41) is 9.04. The number of carbonyl (C=O) groups excluding carboxylic acids is 2. The molecule has 0 radical (unpaired) electrons. The Labute approximate surface area is 143 Å². The summed E-state index contributed by atoms with van der Waals surface area (Å²) in [5.74, 6) is -3.61. The van der Waals surface area contributed by atoms with Gasteiger partial charge in [-0.05, 0) is 18.2 Å². The van der Waals surface area contributed by atoms with Gasteiger partial charge in [0.2, 0.25) is 5.91 Å². The van der Waals surface area contributed by atoms with E-state index >= 15 is 0 Å². The highest BCUT2D eigenvalue weighted by Gasteiger charge is 2.67. The Hall–Kier alpha value is -1.22. The van der Waals surface area contributed by atoms with E-state index in [1.54, 1.807) is 0 Å². The van der Waals surface area contributed by atoms with Crippen molar-refractivity contribution in [1.29, 1.82) is 0 Å². The van der Waals surface area contributed by atoms with E-state index in [0.29, 0.717) is 7.11 Å². The molecule has 128 valence electrons. The Morgan fingerprint density at radius 3 is 2.26 bits per heavy atom. The molecule has 0 spiro atoms. The average Bonchev–Trinajstić information content (AvgIpc) is 2.47. The molecule has 0 aliphatic carbocycles. The molecular weight excluding hydrogens is 385 g/mol. The third kappa shape index (κ3) is 4.00. The van der Waals surface area contributed by atoms with Gasteiger partial charge in [0.1, 0.15) is 0 Å². The van der Waals surface area contributed by atoms with Crippen molar-refractivity contribution >= 4 is 52.4 Å². The second-order valence-corrected chi connectivity index (χ2v) is 5.49. The van der Waals surface area contributed by atoms with Crippen LogP contribution in [-0.4, -0.2) is 41.2 Å². The summed E-state index contributed by atoms with van der Waals surface area (Å²) in [6, 6.07) is 3.66. The molecular formula is C12H9Cl3F3NO4. The summed E-state index contributed by atoms with van der Waals surface area (Å²) in [6.07, 6.45) is -5.54. The number of amides is 1. The Bertz CT molecular complexity index is 626. The smallest absolute Gasteiger partial charge is 0.430 e. The molecule has 0 bridgehead atoms. The second-order valence-electron chi connectivity index (χ2n) is 4.24. The van der Waals surface area contributed by atoms with Crippen molar-refractivity contribution in [2.75, 3.05) is 12.4 Å². The lowest BCUT2D eigenvalue weighted by Crippen LogP contribution is -2.62. The van der Waals surface area contributed by atoms with E-state index in [4.69, 9.17) is 34.8 Å². The van der Waals surface area contributed by atoms with Crippen molar-refractivity contribution in [1.82, 2.24) is 0 Å². The first-order chi connectivity index (χ1) is 10.4. The number of aliphatic hydroxyl groups is 1. The Morgan fingerprint density at radius 2 is 1.83 bits per heavy atom. The molecule has 0 aliphatic rings. The first-order valence-corrected chi connectivity index (χ1v) is 6.92. The molecule has 0 heterocycles. The number of nitrogens with one attached hydrogen (secondary N) is 1. The highest BCUT2D eigenvalue weighted by Crippen LogP contribution is 2.37. The number of benzene rings is 1. The van der Waals surface area contributed by atoms with E-state index in [-0.39, 0.29) is 15.7 Å². The van der Waals surface area contributed by atoms with Crippen molar-refractivity contribution in [3.63, 3.8) is 0 Å². The summed E-state index contributed by atoms with van der Waals surface area (Å²) in [6.45, 7) is 0. The summed E-state index contributed by atoms with van der Waals surface area (Å²) in [7, 11) is 0.611. The average molecular weight is 395 g/mol. The fraction of sp³-hybridized carbons (Fsp3) is 0.333. The van der Waals surface area contributed by atoms with Crippen LogP contribution in [0.5, 0.6) is 0 Å². The maximum absolute atomic E-state index is 13.0. The number of methoxy groups -OCH3 is 1. The molecule has 0 saturated heterocycles. The number of carbonyl (C=O) groups is 2. The van der Waals surface area contributed by atoms with Crippen LogP contribution < -0.4 is 5.32 Å². The standard InChI is InChI=1S/C12H9Cl3F3NO4/c1-23-10(21)11(22,12(16,17)18)8(15)9(20)19-5-2-3-6(13)7(14)4-5/h2-4,8,22H,1H3,(H,19,20)/t8-,11-/m1/s1. The van der Waals surface area contributed by atoms with Gasteiger partial charge < -0.3 is 15.2 Å². The molecule has 1 rings (SSSR count). The SMILES string of the molecule is COC(=O)[C@](O)([C@H](Cl)C(=O)Nc1ccc(Cl)c(Cl)c1)C(F)(F)F. The molecule has 1 amide bonds. The van der Waals surface area contributed by atoms with Gasteiger partial charge in [-0.2, -0.15) is 13.2 Å². The molecule has 1 aromatic carbocycles. The Morgan fingerprint density at radius 1 is 1.26 bits per heavy atom. The lowest BCUT2D eigenvalue weighted by molar-refractivity contribution is -0.260. The molecule has 5 nitrogen and oxygen atoms in total. The van der Waals surface area contributed by atoms with Crippen LogP contribution in [0, 0.1) is 0 Å². The largest absolute Gasteiger partial charge is 0.467 e. The van der Waals surface area contributed by atoms with Crippen molar-refractivity contribution in [2.45, 2.75) is 17.2 Å². The van der Waals surface area contributed by atoms with E-state index in [0.717, 1.165) is 6.07 Å². The van der Waals surface area contributed by atoms with Gasteiger partial charge in [-0.25, -0.2) is 4.79 Å². The summed E-state index contributed by atoms with van der Waals surface area (Å²) >= 11 is 16.7. The highest BCUT2D eigenvalue weighted by molar-refractivity contribution is 6.42. The maximum Gasteiger partial charge on any atom is 0.430 e. The Kier molecular flexibility index (Phi) is 6.14. The number of hydrogen-bond acceptors (Lipinski definition) is 4. The predicted octanol–water partition coefficient (Wildman–Crippen LogP) is 3.01. The summed E-state index contributed by atoms with van der Waals surface area (Å²) < 4.78 is 42.7. The van der Waals surface area contributed by atoms with Crippen molar-refractivity contribution in [2.24, 2.45) is 0 Å². The second kappa shape index (κ2) is 7.12. The fourth-order valence-electron chi connectivity index (χ4n) is 1.49. The minimum atomic E-state index is -5.54. The van der Waals surface area contributed by atoms with Crippen LogP contribution in [0.2, 0.25) is 10.0 Å². The number of rotatable bonds is 4. The molecule has 0 saturated carbocycles. The quantitative estimate of drug-likeness (QED) is 0.608. The van der Waals surface area contributed by atoms with Crippen LogP contribution >= 0.6 is 34.8 Å². The third-order valence-electron chi connectivity index (χ3n) is 2.71. The number of hydrogen-bond donors (Lipinski definition) is 2.